The molecule has 0 radical (unpaired) electrons. The maximum Gasteiger partial charge on any atom is 0.0159 e. The monoisotopic (exact) mass is 666 g/mol. The zero-order valence-corrected chi connectivity index (χ0v) is 30.3. The molecule has 0 heteroatoms. The number of fused-ring (bicyclic) bond motifs is 7. The molecule has 0 nitrogen and oxygen atoms in total. The fraction of sp³-hybridized carbons (Fsp3) is 0.115. The molecular weight excluding hydrogens is 625 g/mol. The molecule has 1 aliphatic carbocycles. The summed E-state index contributed by atoms with van der Waals surface area (Å²) in [6.45, 7) is 9.21. The minimum absolute atomic E-state index is 0.105. The van der Waals surface area contributed by atoms with Crippen LogP contribution in [0.4, 0.5) is 0 Å². The van der Waals surface area contributed by atoms with Crippen LogP contribution in [0.25, 0.3) is 71.3 Å². The lowest BCUT2D eigenvalue weighted by Gasteiger charge is -2.23. The highest BCUT2D eigenvalue weighted by molar-refractivity contribution is 6.13. The van der Waals surface area contributed by atoms with Crippen molar-refractivity contribution in [3.8, 4) is 33.4 Å². The van der Waals surface area contributed by atoms with Crippen LogP contribution in [-0.2, 0) is 5.41 Å². The van der Waals surface area contributed by atoms with Crippen molar-refractivity contribution in [2.24, 2.45) is 0 Å². The molecule has 0 aromatic heterocycles. The third kappa shape index (κ3) is 5.30. The molecule has 0 N–H and O–H groups in total. The maximum absolute atomic E-state index is 2.47. The van der Waals surface area contributed by atoms with Gasteiger partial charge in [-0.2, -0.15) is 0 Å². The second-order valence-corrected chi connectivity index (χ2v) is 14.9. The summed E-state index contributed by atoms with van der Waals surface area (Å²) in [5.41, 5.74) is 14.3. The average Bonchev–Trinajstić information content (AvgIpc) is 3.42. The van der Waals surface area contributed by atoms with E-state index < -0.39 is 0 Å². The standard InChI is InChI=1S/C52H42/c1-5-13-40(43-21-12-16-36-14-6-8-17-42(36)43)30-34(2)38-26-28-47-48-29-27-39(33-51(48)52(3,4)50(47)32-38)35-22-24-37(25-23-35)49-31-41-15-7-9-18-44(41)45-19-10-11-20-46(45)49/h5-34H,1-4H3/b13-5-,40-30+. The van der Waals surface area contributed by atoms with Crippen LogP contribution in [0.1, 0.15) is 55.9 Å². The van der Waals surface area contributed by atoms with E-state index in [-0.39, 0.29) is 11.3 Å². The quantitative estimate of drug-likeness (QED) is 0.122. The van der Waals surface area contributed by atoms with Gasteiger partial charge in [0, 0.05) is 5.41 Å². The van der Waals surface area contributed by atoms with Gasteiger partial charge in [-0.1, -0.05) is 185 Å². The first-order valence-corrected chi connectivity index (χ1v) is 18.5. The number of allylic oxidation sites excluding steroid dienone is 4. The Morgan fingerprint density at radius 3 is 1.87 bits per heavy atom. The fourth-order valence-electron chi connectivity index (χ4n) is 8.61. The maximum atomic E-state index is 2.47. The summed E-state index contributed by atoms with van der Waals surface area (Å²) in [5.74, 6) is 0.253. The van der Waals surface area contributed by atoms with E-state index in [0.717, 1.165) is 0 Å². The van der Waals surface area contributed by atoms with E-state index >= 15 is 0 Å². The van der Waals surface area contributed by atoms with Crippen LogP contribution in [-0.4, -0.2) is 0 Å². The normalized spacial score (nSPS) is 14.3. The van der Waals surface area contributed by atoms with Gasteiger partial charge in [-0.3, -0.25) is 0 Å². The molecule has 52 heavy (non-hydrogen) atoms. The topological polar surface area (TPSA) is 0 Å². The lowest BCUT2D eigenvalue weighted by atomic mass is 9.80. The Bertz CT molecular complexity index is 2710. The van der Waals surface area contributed by atoms with Crippen molar-refractivity contribution >= 4 is 37.9 Å². The van der Waals surface area contributed by atoms with Crippen molar-refractivity contribution in [1.29, 1.82) is 0 Å². The fourth-order valence-corrected chi connectivity index (χ4v) is 8.61. The van der Waals surface area contributed by atoms with Crippen LogP contribution in [0.2, 0.25) is 0 Å². The Morgan fingerprint density at radius 1 is 0.500 bits per heavy atom. The molecule has 8 aromatic carbocycles. The lowest BCUT2D eigenvalue weighted by molar-refractivity contribution is 0.659. The summed E-state index contributed by atoms with van der Waals surface area (Å²) in [4.78, 5) is 0. The van der Waals surface area contributed by atoms with E-state index in [2.05, 4.69) is 204 Å². The predicted octanol–water partition coefficient (Wildman–Crippen LogP) is 14.5. The highest BCUT2D eigenvalue weighted by Crippen LogP contribution is 2.50. The van der Waals surface area contributed by atoms with Gasteiger partial charge in [0.1, 0.15) is 0 Å². The lowest BCUT2D eigenvalue weighted by Crippen LogP contribution is -2.15. The van der Waals surface area contributed by atoms with E-state index in [1.165, 1.54) is 93.5 Å². The van der Waals surface area contributed by atoms with Crippen LogP contribution in [0, 0.1) is 0 Å². The molecular formula is C52H42. The zero-order valence-electron chi connectivity index (χ0n) is 30.3. The van der Waals surface area contributed by atoms with Crippen molar-refractivity contribution in [1.82, 2.24) is 0 Å². The van der Waals surface area contributed by atoms with Gasteiger partial charge in [0.25, 0.3) is 0 Å². The van der Waals surface area contributed by atoms with Gasteiger partial charge in [-0.25, -0.2) is 0 Å². The Kier molecular flexibility index (Phi) is 7.78. The average molecular weight is 667 g/mol. The molecule has 1 unspecified atom stereocenters. The molecule has 9 rings (SSSR count). The van der Waals surface area contributed by atoms with E-state index in [1.807, 2.05) is 0 Å². The molecule has 8 aromatic rings. The number of hydrogen-bond acceptors (Lipinski definition) is 0. The summed E-state index contributed by atoms with van der Waals surface area (Å²) in [5, 5.41) is 7.74. The zero-order chi connectivity index (χ0) is 35.4. The molecule has 0 amide bonds. The molecule has 1 aliphatic rings. The van der Waals surface area contributed by atoms with E-state index in [4.69, 9.17) is 0 Å². The molecule has 0 fully saturated rings. The summed E-state index contributed by atoms with van der Waals surface area (Å²) in [7, 11) is 0. The molecule has 1 atom stereocenters. The Balaban J connectivity index is 1.04. The largest absolute Gasteiger partial charge is 0.0871 e. The van der Waals surface area contributed by atoms with Gasteiger partial charge in [-0.05, 0) is 118 Å². The summed E-state index contributed by atoms with van der Waals surface area (Å²) in [6, 6.07) is 58.5. The van der Waals surface area contributed by atoms with Crippen LogP contribution in [0.15, 0.2) is 176 Å². The summed E-state index contributed by atoms with van der Waals surface area (Å²) < 4.78 is 0. The minimum atomic E-state index is -0.105. The molecule has 0 saturated heterocycles. The predicted molar refractivity (Wildman–Crippen MR) is 225 cm³/mol. The van der Waals surface area contributed by atoms with Crippen LogP contribution in [0.5, 0.6) is 0 Å². The van der Waals surface area contributed by atoms with E-state index in [9.17, 15) is 0 Å². The van der Waals surface area contributed by atoms with Gasteiger partial charge < -0.3 is 0 Å². The SMILES string of the molecule is C/C=C\C(=C/C(C)c1ccc2c(c1)C(C)(C)c1cc(-c3ccc(-c4cc5ccccc5c5ccccc45)cc3)ccc1-2)c1cccc2ccccc12. The third-order valence-corrected chi connectivity index (χ3v) is 11.4. The number of hydrogen-bond donors (Lipinski definition) is 0. The number of benzene rings is 8. The Hall–Kier alpha value is -5.98. The Morgan fingerprint density at radius 2 is 1.10 bits per heavy atom. The molecule has 0 aliphatic heterocycles. The van der Waals surface area contributed by atoms with Gasteiger partial charge in [0.15, 0.2) is 0 Å². The first kappa shape index (κ1) is 32.0. The van der Waals surface area contributed by atoms with Crippen LogP contribution >= 0.6 is 0 Å². The van der Waals surface area contributed by atoms with Gasteiger partial charge in [-0.15, -0.1) is 0 Å². The van der Waals surface area contributed by atoms with E-state index in [1.54, 1.807) is 0 Å². The van der Waals surface area contributed by atoms with Gasteiger partial charge in [0.05, 0.1) is 0 Å². The third-order valence-electron chi connectivity index (χ3n) is 11.4. The second-order valence-electron chi connectivity index (χ2n) is 14.9. The molecule has 0 heterocycles. The van der Waals surface area contributed by atoms with Gasteiger partial charge in [0.2, 0.25) is 0 Å². The van der Waals surface area contributed by atoms with Crippen molar-refractivity contribution in [2.75, 3.05) is 0 Å². The van der Waals surface area contributed by atoms with Crippen LogP contribution < -0.4 is 0 Å². The van der Waals surface area contributed by atoms with Crippen LogP contribution in [0.3, 0.4) is 0 Å². The first-order chi connectivity index (χ1) is 25.4. The summed E-state index contributed by atoms with van der Waals surface area (Å²) >= 11 is 0. The Labute approximate surface area is 307 Å². The van der Waals surface area contributed by atoms with Crippen molar-refractivity contribution in [3.05, 3.63) is 198 Å². The molecule has 0 spiro atoms. The highest BCUT2D eigenvalue weighted by Gasteiger charge is 2.36. The van der Waals surface area contributed by atoms with Crippen molar-refractivity contribution in [2.45, 2.75) is 39.0 Å². The number of rotatable bonds is 6. The van der Waals surface area contributed by atoms with E-state index in [0.29, 0.717) is 0 Å². The smallest absolute Gasteiger partial charge is 0.0159 e. The minimum Gasteiger partial charge on any atom is -0.0871 e. The molecule has 0 bridgehead atoms. The molecule has 250 valence electrons. The summed E-state index contributed by atoms with van der Waals surface area (Å²) in [6.07, 6.45) is 6.84. The highest BCUT2D eigenvalue weighted by atomic mass is 14.4. The van der Waals surface area contributed by atoms with Gasteiger partial charge >= 0.3 is 0 Å². The van der Waals surface area contributed by atoms with Crippen molar-refractivity contribution in [3.63, 3.8) is 0 Å². The van der Waals surface area contributed by atoms with Crippen molar-refractivity contribution < 1.29 is 0 Å². The molecule has 0 saturated carbocycles. The first-order valence-electron chi connectivity index (χ1n) is 18.5. The second kappa shape index (κ2) is 12.7.